The van der Waals surface area contributed by atoms with Gasteiger partial charge in [-0.3, -0.25) is 19.2 Å². The summed E-state index contributed by atoms with van der Waals surface area (Å²) in [6.07, 6.45) is 0.870. The van der Waals surface area contributed by atoms with E-state index in [0.29, 0.717) is 57.7 Å². The first-order valence-corrected chi connectivity index (χ1v) is 16.8. The van der Waals surface area contributed by atoms with Gasteiger partial charge in [0.25, 0.3) is 0 Å². The minimum absolute atomic E-state index is 0.0968. The second kappa shape index (κ2) is 14.2. The van der Waals surface area contributed by atoms with Gasteiger partial charge in [-0.2, -0.15) is 0 Å². The molecule has 8 bridgehead atoms. The predicted molar refractivity (Wildman–Crippen MR) is 193 cm³/mol. The number of H-pyrrole nitrogens is 2. The molecule has 262 valence electrons. The molecule has 2 aliphatic rings. The number of aryl methyl sites for hydroxylation is 4. The second-order valence-corrected chi connectivity index (χ2v) is 12.9. The molecule has 0 spiro atoms. The van der Waals surface area contributed by atoms with Crippen LogP contribution in [0.3, 0.4) is 0 Å². The summed E-state index contributed by atoms with van der Waals surface area (Å²) in [6.45, 7) is 11.6. The van der Waals surface area contributed by atoms with Gasteiger partial charge in [-0.05, 0) is 116 Å². The SMILES string of the molecule is CCC1=C(C)c2nc1cc1[nH]c(cc3nc(cc4[nH]c(c(CC)c4C)c2C(=O)[C@@H](N)CC(=O)O)C(C)=C3CCC(=O)O)c(CCC(=O)O)c1C. The summed E-state index contributed by atoms with van der Waals surface area (Å²) < 4.78 is 0. The van der Waals surface area contributed by atoms with Gasteiger partial charge in [-0.1, -0.05) is 13.8 Å². The largest absolute Gasteiger partial charge is 0.481 e. The monoisotopic (exact) mass is 681 g/mol. The van der Waals surface area contributed by atoms with E-state index in [0.717, 1.165) is 44.5 Å². The molecule has 7 N–H and O–H groups in total. The Morgan fingerprint density at radius 3 is 1.90 bits per heavy atom. The molecule has 0 amide bonds. The van der Waals surface area contributed by atoms with Crippen LogP contribution in [0.1, 0.15) is 115 Å². The number of nitrogens with zero attached hydrogens (tertiary/aromatic N) is 2. The van der Waals surface area contributed by atoms with Crippen LogP contribution >= 0.6 is 0 Å². The number of carbonyl (C=O) groups is 4. The number of fused-ring (bicyclic) bond motifs is 8. The quantitative estimate of drug-likeness (QED) is 0.112. The van der Waals surface area contributed by atoms with E-state index in [4.69, 9.17) is 15.7 Å². The summed E-state index contributed by atoms with van der Waals surface area (Å²) in [7, 11) is 0. The number of carboxylic acids is 3. The number of Topliss-reactive ketones (excluding diaryl/α,β-unsaturated/α-hetero) is 1. The van der Waals surface area contributed by atoms with E-state index in [9.17, 15) is 34.5 Å². The van der Waals surface area contributed by atoms with Crippen molar-refractivity contribution in [3.63, 3.8) is 0 Å². The highest BCUT2D eigenvalue weighted by atomic mass is 16.4. The van der Waals surface area contributed by atoms with E-state index >= 15 is 0 Å². The number of nitrogens with two attached hydrogens (primary N) is 1. The number of ketones is 1. The van der Waals surface area contributed by atoms with Crippen molar-refractivity contribution in [1.82, 2.24) is 19.9 Å². The third-order valence-corrected chi connectivity index (χ3v) is 9.80. The topological polar surface area (TPSA) is 212 Å². The Balaban J connectivity index is 2.02. The number of nitrogens with one attached hydrogen (secondary N) is 2. The van der Waals surface area contributed by atoms with Crippen LogP contribution in [-0.4, -0.2) is 65.0 Å². The van der Waals surface area contributed by atoms with E-state index in [2.05, 4.69) is 9.97 Å². The van der Waals surface area contributed by atoms with Gasteiger partial charge in [-0.15, -0.1) is 0 Å². The average Bonchev–Trinajstić information content (AvgIpc) is 3.71. The zero-order valence-corrected chi connectivity index (χ0v) is 29.2. The molecule has 3 aromatic heterocycles. The molecule has 2 aliphatic heterocycles. The zero-order chi connectivity index (χ0) is 36.6. The van der Waals surface area contributed by atoms with Gasteiger partial charge in [0.1, 0.15) is 0 Å². The number of carbonyl (C=O) groups excluding carboxylic acids is 1. The Hall–Kier alpha value is -5.36. The minimum Gasteiger partial charge on any atom is -0.481 e. The van der Waals surface area contributed by atoms with Crippen molar-refractivity contribution in [2.45, 2.75) is 92.5 Å². The number of aromatic amines is 2. The predicted octanol–water partition coefficient (Wildman–Crippen LogP) is 6.63. The third kappa shape index (κ3) is 6.75. The summed E-state index contributed by atoms with van der Waals surface area (Å²) in [5.74, 6) is -3.61. The van der Waals surface area contributed by atoms with E-state index in [1.807, 2.05) is 59.7 Å². The van der Waals surface area contributed by atoms with Crippen molar-refractivity contribution in [3.05, 3.63) is 68.8 Å². The van der Waals surface area contributed by atoms with Crippen molar-refractivity contribution in [3.8, 4) is 0 Å². The van der Waals surface area contributed by atoms with Gasteiger partial charge in [-0.25, -0.2) is 9.97 Å². The molecular weight excluding hydrogens is 638 g/mol. The molecule has 12 nitrogen and oxygen atoms in total. The standard InChI is InChI=1S/C38H43N5O7/c1-7-21-20(6)36-35(38(50)25(39)13-34(48)49)37-22(8-2)17(3)28(42-37)14-26-18(4)23(9-11-32(44)45)30(40-26)16-31-24(10-12-33(46)47)19(5)27(41-31)15-29(21)43-36/h14-16,25,41-42H,7-13,39H2,1-6H3,(H,44,45)(H,46,47)(H,48,49)/t25-/m0/s1. The molecular formula is C38H43N5O7. The third-order valence-electron chi connectivity index (χ3n) is 9.80. The highest BCUT2D eigenvalue weighted by Crippen LogP contribution is 2.39. The highest BCUT2D eigenvalue weighted by molar-refractivity contribution is 6.12. The number of carboxylic acid groups (broad SMARTS) is 3. The molecule has 0 radical (unpaired) electrons. The van der Waals surface area contributed by atoms with Gasteiger partial charge in [0.15, 0.2) is 5.78 Å². The van der Waals surface area contributed by atoms with E-state index in [-0.39, 0.29) is 31.2 Å². The summed E-state index contributed by atoms with van der Waals surface area (Å²) >= 11 is 0. The molecule has 0 fully saturated rings. The fraction of sp³-hybridized carbons (Fsp3) is 0.368. The Morgan fingerprint density at radius 2 is 1.28 bits per heavy atom. The fourth-order valence-corrected chi connectivity index (χ4v) is 7.04. The molecule has 50 heavy (non-hydrogen) atoms. The first kappa shape index (κ1) is 35.9. The lowest BCUT2D eigenvalue weighted by atomic mass is 9.94. The summed E-state index contributed by atoms with van der Waals surface area (Å²) in [5, 5.41) is 28.7. The lowest BCUT2D eigenvalue weighted by Gasteiger charge is -2.12. The molecule has 5 rings (SSSR count). The highest BCUT2D eigenvalue weighted by Gasteiger charge is 2.29. The van der Waals surface area contributed by atoms with Crippen LogP contribution in [0.5, 0.6) is 0 Å². The molecule has 3 aromatic rings. The maximum Gasteiger partial charge on any atom is 0.305 e. The Kier molecular flexibility index (Phi) is 10.2. The molecule has 0 saturated carbocycles. The molecule has 1 atom stereocenters. The van der Waals surface area contributed by atoms with Crippen molar-refractivity contribution in [1.29, 1.82) is 0 Å². The van der Waals surface area contributed by atoms with Crippen molar-refractivity contribution >= 4 is 68.1 Å². The van der Waals surface area contributed by atoms with Crippen LogP contribution in [0.25, 0.3) is 44.4 Å². The Labute approximate surface area is 289 Å². The number of aliphatic carboxylic acids is 3. The summed E-state index contributed by atoms with van der Waals surface area (Å²) in [6, 6.07) is 4.31. The first-order chi connectivity index (χ1) is 23.7. The van der Waals surface area contributed by atoms with Gasteiger partial charge in [0.2, 0.25) is 0 Å². The lowest BCUT2D eigenvalue weighted by molar-refractivity contribution is -0.138. The maximum absolute atomic E-state index is 14.2. The van der Waals surface area contributed by atoms with Crippen molar-refractivity contribution in [2.75, 3.05) is 0 Å². The zero-order valence-electron chi connectivity index (χ0n) is 29.2. The lowest BCUT2D eigenvalue weighted by Crippen LogP contribution is -2.33. The molecule has 0 saturated heterocycles. The van der Waals surface area contributed by atoms with Crippen LogP contribution < -0.4 is 5.73 Å². The number of hydrogen-bond acceptors (Lipinski definition) is 7. The van der Waals surface area contributed by atoms with Crippen molar-refractivity contribution in [2.24, 2.45) is 5.73 Å². The number of hydrogen-bond donors (Lipinski definition) is 6. The van der Waals surface area contributed by atoms with E-state index in [1.54, 1.807) is 0 Å². The minimum atomic E-state index is -1.32. The number of allylic oxidation sites excluding steroid dienone is 4. The van der Waals surface area contributed by atoms with Crippen LogP contribution in [0, 0.1) is 13.8 Å². The number of aromatic nitrogens is 4. The van der Waals surface area contributed by atoms with Gasteiger partial charge >= 0.3 is 17.9 Å². The fourth-order valence-electron chi connectivity index (χ4n) is 7.04. The van der Waals surface area contributed by atoms with Crippen molar-refractivity contribution < 1.29 is 34.5 Å². The van der Waals surface area contributed by atoms with Crippen LogP contribution in [0.2, 0.25) is 0 Å². The van der Waals surface area contributed by atoms with Crippen LogP contribution in [0.4, 0.5) is 0 Å². The molecule has 12 heteroatoms. The van der Waals surface area contributed by atoms with Gasteiger partial charge < -0.3 is 31.0 Å². The van der Waals surface area contributed by atoms with Gasteiger partial charge in [0.05, 0.1) is 46.3 Å². The molecule has 0 aromatic carbocycles. The number of rotatable bonds is 12. The second-order valence-electron chi connectivity index (χ2n) is 12.9. The summed E-state index contributed by atoms with van der Waals surface area (Å²) in [5.41, 5.74) is 17.8. The molecule has 0 unspecified atom stereocenters. The average molecular weight is 682 g/mol. The Morgan fingerprint density at radius 1 is 0.700 bits per heavy atom. The normalized spacial score (nSPS) is 13.6. The van der Waals surface area contributed by atoms with Crippen LogP contribution in [-0.2, 0) is 27.2 Å². The maximum atomic E-state index is 14.2. The summed E-state index contributed by atoms with van der Waals surface area (Å²) in [4.78, 5) is 66.2. The van der Waals surface area contributed by atoms with E-state index < -0.39 is 36.2 Å². The smallest absolute Gasteiger partial charge is 0.305 e. The first-order valence-electron chi connectivity index (χ1n) is 16.8. The Bertz CT molecular complexity index is 2180. The van der Waals surface area contributed by atoms with E-state index in [1.165, 1.54) is 0 Å². The molecule has 0 aliphatic carbocycles. The van der Waals surface area contributed by atoms with Crippen LogP contribution in [0.15, 0.2) is 18.2 Å². The van der Waals surface area contributed by atoms with Gasteiger partial charge in [0, 0.05) is 29.4 Å². The molecule has 5 heterocycles.